The molecule has 3 heterocycles. The van der Waals surface area contributed by atoms with Crippen LogP contribution in [0.25, 0.3) is 21.9 Å². The summed E-state index contributed by atoms with van der Waals surface area (Å²) in [5, 5.41) is 4.78. The first-order valence-corrected chi connectivity index (χ1v) is 10.8. The monoisotopic (exact) mass is 432 g/mol. The fraction of sp³-hybridized carbons (Fsp3) is 0.346. The first-order valence-electron chi connectivity index (χ1n) is 10.8. The maximum Gasteiger partial charge on any atom is 0.339 e. The van der Waals surface area contributed by atoms with Gasteiger partial charge >= 0.3 is 5.63 Å². The average molecular weight is 433 g/mol. The van der Waals surface area contributed by atoms with Crippen LogP contribution in [0.5, 0.6) is 0 Å². The van der Waals surface area contributed by atoms with E-state index >= 15 is 0 Å². The number of rotatable bonds is 5. The zero-order chi connectivity index (χ0) is 23.0. The molecule has 0 saturated heterocycles. The largest absolute Gasteiger partial charge is 0.464 e. The van der Waals surface area contributed by atoms with E-state index in [1.165, 1.54) is 0 Å². The van der Waals surface area contributed by atoms with E-state index in [-0.39, 0.29) is 17.7 Å². The molecular formula is C26H28N2O4. The van der Waals surface area contributed by atoms with Gasteiger partial charge in [0.15, 0.2) is 0 Å². The van der Waals surface area contributed by atoms with Gasteiger partial charge in [0, 0.05) is 52.8 Å². The van der Waals surface area contributed by atoms with Crippen molar-refractivity contribution in [3.8, 4) is 0 Å². The minimum atomic E-state index is -0.403. The van der Waals surface area contributed by atoms with Crippen molar-refractivity contribution in [3.05, 3.63) is 75.1 Å². The Bertz CT molecular complexity index is 1360. The highest BCUT2D eigenvalue weighted by Gasteiger charge is 2.23. The number of aromatic nitrogens is 1. The predicted octanol–water partition coefficient (Wildman–Crippen LogP) is 5.10. The van der Waals surface area contributed by atoms with E-state index in [1.54, 1.807) is 18.7 Å². The lowest BCUT2D eigenvalue weighted by atomic mass is 9.86. The molecule has 0 spiro atoms. The summed E-state index contributed by atoms with van der Waals surface area (Å²) in [7, 11) is 0. The van der Waals surface area contributed by atoms with E-state index in [9.17, 15) is 9.59 Å². The Balaban J connectivity index is 1.64. The Morgan fingerprint density at radius 3 is 2.59 bits per heavy atom. The molecule has 1 amide bonds. The van der Waals surface area contributed by atoms with Gasteiger partial charge in [-0.25, -0.2) is 4.79 Å². The molecule has 6 nitrogen and oxygen atoms in total. The van der Waals surface area contributed by atoms with Crippen LogP contribution in [0.3, 0.4) is 0 Å². The fourth-order valence-electron chi connectivity index (χ4n) is 4.10. The molecule has 0 saturated carbocycles. The number of hydrogen-bond donors (Lipinski definition) is 1. The van der Waals surface area contributed by atoms with Crippen molar-refractivity contribution in [3.63, 3.8) is 0 Å². The van der Waals surface area contributed by atoms with Crippen LogP contribution in [0.2, 0.25) is 0 Å². The molecule has 4 rings (SSSR count). The van der Waals surface area contributed by atoms with Gasteiger partial charge < -0.3 is 14.2 Å². The number of hydrogen-bond acceptors (Lipinski definition) is 5. The van der Waals surface area contributed by atoms with Gasteiger partial charge in [0.1, 0.15) is 11.2 Å². The summed E-state index contributed by atoms with van der Waals surface area (Å²) in [4.78, 5) is 29.2. The molecule has 1 N–H and O–H groups in total. The van der Waals surface area contributed by atoms with Crippen molar-refractivity contribution >= 4 is 27.8 Å². The van der Waals surface area contributed by atoms with Gasteiger partial charge in [0.2, 0.25) is 5.91 Å². The van der Waals surface area contributed by atoms with Crippen molar-refractivity contribution in [2.75, 3.05) is 0 Å². The topological polar surface area (TPSA) is 85.3 Å². The second-order valence-electron chi connectivity index (χ2n) is 9.29. The zero-order valence-corrected chi connectivity index (χ0v) is 19.2. The Morgan fingerprint density at radius 1 is 1.12 bits per heavy atom. The molecule has 0 aliphatic heterocycles. The normalized spacial score (nSPS) is 11.9. The molecule has 3 aromatic heterocycles. The van der Waals surface area contributed by atoms with Crippen molar-refractivity contribution < 1.29 is 13.6 Å². The molecule has 0 aliphatic rings. The Labute approximate surface area is 186 Å². The second-order valence-corrected chi connectivity index (χ2v) is 9.29. The quantitative estimate of drug-likeness (QED) is 0.444. The zero-order valence-electron chi connectivity index (χ0n) is 19.2. The van der Waals surface area contributed by atoms with Crippen LogP contribution in [0.15, 0.2) is 50.5 Å². The number of furan rings is 1. The van der Waals surface area contributed by atoms with E-state index in [1.807, 2.05) is 32.0 Å². The van der Waals surface area contributed by atoms with Crippen molar-refractivity contribution in [2.45, 2.75) is 59.4 Å². The highest BCUT2D eigenvalue weighted by atomic mass is 16.4. The minimum Gasteiger partial charge on any atom is -0.464 e. The lowest BCUT2D eigenvalue weighted by Crippen LogP contribution is -2.24. The third-order valence-electron chi connectivity index (χ3n) is 5.96. The predicted molar refractivity (Wildman–Crippen MR) is 125 cm³/mol. The lowest BCUT2D eigenvalue weighted by molar-refractivity contribution is -0.121. The number of nitrogens with one attached hydrogen (secondary N) is 1. The van der Waals surface area contributed by atoms with E-state index < -0.39 is 5.63 Å². The summed E-state index contributed by atoms with van der Waals surface area (Å²) >= 11 is 0. The fourth-order valence-corrected chi connectivity index (χ4v) is 4.10. The number of carbonyl (C=O) groups is 1. The molecule has 0 unspecified atom stereocenters. The molecule has 0 fully saturated rings. The number of nitrogens with zero attached hydrogens (tertiary/aromatic N) is 1. The van der Waals surface area contributed by atoms with Gasteiger partial charge in [-0.2, -0.15) is 0 Å². The molecule has 0 aliphatic carbocycles. The molecule has 0 radical (unpaired) electrons. The van der Waals surface area contributed by atoms with Gasteiger partial charge in [-0.15, -0.1) is 0 Å². The van der Waals surface area contributed by atoms with Crippen LogP contribution in [0, 0.1) is 13.8 Å². The molecule has 166 valence electrons. The van der Waals surface area contributed by atoms with Gasteiger partial charge in [-0.1, -0.05) is 26.8 Å². The number of benzene rings is 1. The average Bonchev–Trinajstić information content (AvgIpc) is 3.19. The maximum absolute atomic E-state index is 12.8. The Hall–Kier alpha value is -3.41. The van der Waals surface area contributed by atoms with Gasteiger partial charge in [-0.3, -0.25) is 9.78 Å². The number of carbonyl (C=O) groups excluding carboxylic acids is 1. The molecular weight excluding hydrogens is 404 g/mol. The maximum atomic E-state index is 12.8. The number of aryl methyl sites for hydroxylation is 2. The van der Waals surface area contributed by atoms with Crippen LogP contribution >= 0.6 is 0 Å². The SMILES string of the molecule is Cc1c(CCC(=O)NCc2cccnc2)c(=O)oc2c(C)c3occ(C(C)(C)C)c3cc12. The molecule has 32 heavy (non-hydrogen) atoms. The van der Waals surface area contributed by atoms with Crippen molar-refractivity contribution in [1.29, 1.82) is 0 Å². The highest BCUT2D eigenvalue weighted by Crippen LogP contribution is 2.37. The summed E-state index contributed by atoms with van der Waals surface area (Å²) in [6.07, 6.45) is 5.72. The van der Waals surface area contributed by atoms with E-state index in [0.29, 0.717) is 24.1 Å². The van der Waals surface area contributed by atoms with Crippen LogP contribution in [-0.2, 0) is 23.2 Å². The Morgan fingerprint density at radius 2 is 1.91 bits per heavy atom. The number of pyridine rings is 1. The molecule has 4 aromatic rings. The summed E-state index contributed by atoms with van der Waals surface area (Å²) in [5.74, 6) is -0.121. The highest BCUT2D eigenvalue weighted by molar-refractivity contribution is 6.00. The first-order chi connectivity index (χ1) is 15.2. The summed E-state index contributed by atoms with van der Waals surface area (Å²) in [6, 6.07) is 5.78. The Kier molecular flexibility index (Phi) is 5.63. The third-order valence-corrected chi connectivity index (χ3v) is 5.96. The number of amides is 1. The minimum absolute atomic E-state index is 0.0793. The van der Waals surface area contributed by atoms with Gasteiger partial charge in [-0.05, 0) is 48.9 Å². The molecule has 6 heteroatoms. The van der Waals surface area contributed by atoms with Gasteiger partial charge in [0.05, 0.1) is 6.26 Å². The van der Waals surface area contributed by atoms with E-state index in [0.717, 1.165) is 38.6 Å². The van der Waals surface area contributed by atoms with Crippen LogP contribution in [-0.4, -0.2) is 10.9 Å². The molecule has 0 bridgehead atoms. The molecule has 0 atom stereocenters. The van der Waals surface area contributed by atoms with E-state index in [2.05, 4.69) is 31.1 Å². The van der Waals surface area contributed by atoms with Crippen molar-refractivity contribution in [2.24, 2.45) is 0 Å². The summed E-state index contributed by atoms with van der Waals surface area (Å²) in [6.45, 7) is 10.7. The lowest BCUT2D eigenvalue weighted by Gasteiger charge is -2.17. The van der Waals surface area contributed by atoms with E-state index in [4.69, 9.17) is 8.83 Å². The summed E-state index contributed by atoms with van der Waals surface area (Å²) < 4.78 is 11.6. The van der Waals surface area contributed by atoms with Gasteiger partial charge in [0.25, 0.3) is 0 Å². The second kappa shape index (κ2) is 8.26. The number of fused-ring (bicyclic) bond motifs is 2. The standard InChI is InChI=1S/C26H28N2O4/c1-15-18(8-9-22(29)28-13-17-7-6-10-27-12-17)25(30)32-24-16(2)23-20(11-19(15)24)21(14-31-23)26(3,4)5/h6-7,10-12,14H,8-9,13H2,1-5H3,(H,28,29). The van der Waals surface area contributed by atoms with Crippen LogP contribution < -0.4 is 10.9 Å². The van der Waals surface area contributed by atoms with Crippen LogP contribution in [0.4, 0.5) is 0 Å². The first kappa shape index (κ1) is 21.8. The summed E-state index contributed by atoms with van der Waals surface area (Å²) in [5.41, 5.74) is 5.04. The van der Waals surface area contributed by atoms with Crippen molar-refractivity contribution in [1.82, 2.24) is 10.3 Å². The van der Waals surface area contributed by atoms with Crippen LogP contribution in [0.1, 0.15) is 55.0 Å². The third kappa shape index (κ3) is 4.05. The smallest absolute Gasteiger partial charge is 0.339 e. The molecule has 1 aromatic carbocycles.